The summed E-state index contributed by atoms with van der Waals surface area (Å²) >= 11 is 0. The monoisotopic (exact) mass is 494 g/mol. The number of fused-ring (bicyclic) bond motifs is 1. The minimum atomic E-state index is -0.172. The van der Waals surface area contributed by atoms with Gasteiger partial charge in [0, 0.05) is 39.7 Å². The third-order valence-corrected chi connectivity index (χ3v) is 7.05. The van der Waals surface area contributed by atoms with Crippen LogP contribution in [0.5, 0.6) is 0 Å². The Morgan fingerprint density at radius 1 is 0.946 bits per heavy atom. The molecule has 2 heterocycles. The average molecular weight is 495 g/mol. The standard InChI is InChI=1S/C30H32N4O.C2H6/c1-19-4-7-22(8-5-19)21(3)32-26-12-9-23(10-13-26)28-17-25-16-24(11-14-27(25)33-28)30(35)34-29-15-6-20(2)18-31-29;1-2/h6,9-19,22,32-33H,3-5,7-8H2,1-2H3,(H,31,34,35);1-2H3. The molecular formula is C32H38N4O. The van der Waals surface area contributed by atoms with E-state index in [9.17, 15) is 4.79 Å². The Balaban J connectivity index is 0.00000156. The van der Waals surface area contributed by atoms with Crippen LogP contribution in [0.2, 0.25) is 0 Å². The van der Waals surface area contributed by atoms with E-state index in [1.54, 1.807) is 6.20 Å². The number of aryl methyl sites for hydroxylation is 1. The number of rotatable bonds is 6. The lowest BCUT2D eigenvalue weighted by atomic mass is 9.81. The molecule has 37 heavy (non-hydrogen) atoms. The Labute approximate surface area is 220 Å². The first-order valence-corrected chi connectivity index (χ1v) is 13.4. The number of hydrogen-bond acceptors (Lipinski definition) is 3. The zero-order valence-electron chi connectivity index (χ0n) is 22.4. The van der Waals surface area contributed by atoms with Gasteiger partial charge in [0.1, 0.15) is 5.82 Å². The second-order valence-electron chi connectivity index (χ2n) is 9.84. The predicted octanol–water partition coefficient (Wildman–Crippen LogP) is 8.57. The van der Waals surface area contributed by atoms with Gasteiger partial charge in [-0.25, -0.2) is 4.98 Å². The molecular weight excluding hydrogens is 456 g/mol. The van der Waals surface area contributed by atoms with Crippen LogP contribution in [0, 0.1) is 18.8 Å². The summed E-state index contributed by atoms with van der Waals surface area (Å²) in [4.78, 5) is 20.4. The average Bonchev–Trinajstić information content (AvgIpc) is 3.35. The van der Waals surface area contributed by atoms with Crippen molar-refractivity contribution in [2.75, 3.05) is 10.6 Å². The van der Waals surface area contributed by atoms with Gasteiger partial charge in [0.2, 0.25) is 0 Å². The highest BCUT2D eigenvalue weighted by Crippen LogP contribution is 2.33. The molecule has 2 aromatic heterocycles. The maximum Gasteiger partial charge on any atom is 0.256 e. The van der Waals surface area contributed by atoms with Crippen molar-refractivity contribution in [3.63, 3.8) is 0 Å². The van der Waals surface area contributed by atoms with Crippen LogP contribution in [0.1, 0.15) is 62.4 Å². The number of anilines is 2. The van der Waals surface area contributed by atoms with Crippen molar-refractivity contribution in [1.29, 1.82) is 0 Å². The van der Waals surface area contributed by atoms with Crippen molar-refractivity contribution in [1.82, 2.24) is 9.97 Å². The van der Waals surface area contributed by atoms with E-state index in [-0.39, 0.29) is 5.91 Å². The minimum absolute atomic E-state index is 0.172. The van der Waals surface area contributed by atoms with Crippen LogP contribution in [0.15, 0.2) is 79.1 Å². The molecule has 0 unspecified atom stereocenters. The van der Waals surface area contributed by atoms with E-state index in [4.69, 9.17) is 0 Å². The van der Waals surface area contributed by atoms with Crippen LogP contribution in [0.3, 0.4) is 0 Å². The topological polar surface area (TPSA) is 69.8 Å². The number of H-pyrrole nitrogens is 1. The quantitative estimate of drug-likeness (QED) is 0.251. The summed E-state index contributed by atoms with van der Waals surface area (Å²) in [5, 5.41) is 7.37. The van der Waals surface area contributed by atoms with E-state index in [1.807, 2.05) is 51.1 Å². The minimum Gasteiger partial charge on any atom is -0.359 e. The Morgan fingerprint density at radius 3 is 2.35 bits per heavy atom. The van der Waals surface area contributed by atoms with Gasteiger partial charge in [0.05, 0.1) is 0 Å². The lowest BCUT2D eigenvalue weighted by Crippen LogP contribution is -2.17. The molecule has 0 radical (unpaired) electrons. The summed E-state index contributed by atoms with van der Waals surface area (Å²) in [6.45, 7) is 12.6. The van der Waals surface area contributed by atoms with Crippen LogP contribution in [-0.4, -0.2) is 15.9 Å². The van der Waals surface area contributed by atoms with E-state index in [2.05, 4.69) is 64.4 Å². The zero-order chi connectivity index (χ0) is 26.4. The van der Waals surface area contributed by atoms with E-state index >= 15 is 0 Å². The Bertz CT molecular complexity index is 1340. The number of carbonyl (C=O) groups is 1. The van der Waals surface area contributed by atoms with Gasteiger partial charge in [-0.3, -0.25) is 4.79 Å². The summed E-state index contributed by atoms with van der Waals surface area (Å²) < 4.78 is 0. The van der Waals surface area contributed by atoms with Gasteiger partial charge < -0.3 is 15.6 Å². The van der Waals surface area contributed by atoms with Gasteiger partial charge in [-0.05, 0) is 85.2 Å². The number of carbonyl (C=O) groups excluding carboxylic acids is 1. The molecule has 0 atom stereocenters. The van der Waals surface area contributed by atoms with Gasteiger partial charge in [-0.15, -0.1) is 0 Å². The lowest BCUT2D eigenvalue weighted by Gasteiger charge is -2.28. The molecule has 2 aromatic carbocycles. The summed E-state index contributed by atoms with van der Waals surface area (Å²) in [5.74, 6) is 1.78. The van der Waals surface area contributed by atoms with Crippen LogP contribution in [0.4, 0.5) is 11.5 Å². The Hall–Kier alpha value is -3.86. The van der Waals surface area contributed by atoms with Gasteiger partial charge in [-0.1, -0.05) is 58.4 Å². The third kappa shape index (κ3) is 6.48. The molecule has 192 valence electrons. The fourth-order valence-corrected chi connectivity index (χ4v) is 4.79. The van der Waals surface area contributed by atoms with E-state index < -0.39 is 0 Å². The number of allylic oxidation sites excluding steroid dienone is 1. The fraction of sp³-hybridized carbons (Fsp3) is 0.312. The molecule has 1 aliphatic rings. The Morgan fingerprint density at radius 2 is 1.68 bits per heavy atom. The van der Waals surface area contributed by atoms with Crippen molar-refractivity contribution < 1.29 is 4.79 Å². The lowest BCUT2D eigenvalue weighted by molar-refractivity contribution is 0.102. The molecule has 0 aliphatic heterocycles. The molecule has 1 amide bonds. The highest BCUT2D eigenvalue weighted by molar-refractivity contribution is 6.06. The molecule has 0 saturated heterocycles. The largest absolute Gasteiger partial charge is 0.359 e. The molecule has 3 N–H and O–H groups in total. The summed E-state index contributed by atoms with van der Waals surface area (Å²) in [6, 6.07) is 19.9. The number of nitrogens with zero attached hydrogens (tertiary/aromatic N) is 1. The van der Waals surface area contributed by atoms with E-state index in [1.165, 1.54) is 25.7 Å². The molecule has 0 spiro atoms. The number of aromatic nitrogens is 2. The SMILES string of the molecule is C=C(Nc1ccc(-c2cc3cc(C(=O)Nc4ccc(C)cn4)ccc3[nH]2)cc1)C1CCC(C)CC1.CC. The molecule has 4 aromatic rings. The molecule has 1 fully saturated rings. The number of amides is 1. The first-order chi connectivity index (χ1) is 17.9. The Kier molecular flexibility index (Phi) is 8.44. The number of aromatic amines is 1. The highest BCUT2D eigenvalue weighted by Gasteiger charge is 2.20. The summed E-state index contributed by atoms with van der Waals surface area (Å²) in [7, 11) is 0. The number of nitrogens with one attached hydrogen (secondary N) is 3. The summed E-state index contributed by atoms with van der Waals surface area (Å²) in [5.41, 5.74) is 6.95. The highest BCUT2D eigenvalue weighted by atomic mass is 16.1. The predicted molar refractivity (Wildman–Crippen MR) is 156 cm³/mol. The van der Waals surface area contributed by atoms with Crippen molar-refractivity contribution in [3.05, 3.63) is 90.3 Å². The summed E-state index contributed by atoms with van der Waals surface area (Å²) in [6.07, 6.45) is 6.77. The second kappa shape index (κ2) is 11.9. The smallest absolute Gasteiger partial charge is 0.256 e. The number of hydrogen-bond donors (Lipinski definition) is 3. The molecule has 1 aliphatic carbocycles. The molecule has 1 saturated carbocycles. The fourth-order valence-electron chi connectivity index (χ4n) is 4.79. The number of pyridine rings is 1. The maximum absolute atomic E-state index is 12.7. The third-order valence-electron chi connectivity index (χ3n) is 7.05. The number of benzene rings is 2. The molecule has 5 nitrogen and oxygen atoms in total. The molecule has 5 rings (SSSR count). The van der Waals surface area contributed by atoms with Crippen molar-refractivity contribution in [2.45, 2.75) is 53.4 Å². The first kappa shape index (κ1) is 26.2. The van der Waals surface area contributed by atoms with Gasteiger partial charge in [0.15, 0.2) is 0 Å². The normalized spacial score (nSPS) is 17.0. The first-order valence-electron chi connectivity index (χ1n) is 13.4. The second-order valence-corrected chi connectivity index (χ2v) is 9.84. The maximum atomic E-state index is 12.7. The van der Waals surface area contributed by atoms with Crippen LogP contribution < -0.4 is 10.6 Å². The van der Waals surface area contributed by atoms with Crippen molar-refractivity contribution in [2.24, 2.45) is 11.8 Å². The zero-order valence-corrected chi connectivity index (χ0v) is 22.4. The van der Waals surface area contributed by atoms with Crippen molar-refractivity contribution >= 4 is 28.3 Å². The van der Waals surface area contributed by atoms with Gasteiger partial charge in [-0.2, -0.15) is 0 Å². The molecule has 5 heteroatoms. The van der Waals surface area contributed by atoms with Gasteiger partial charge in [0.25, 0.3) is 5.91 Å². The van der Waals surface area contributed by atoms with E-state index in [0.29, 0.717) is 17.3 Å². The van der Waals surface area contributed by atoms with Gasteiger partial charge >= 0.3 is 0 Å². The van der Waals surface area contributed by atoms with Crippen LogP contribution in [0.25, 0.3) is 22.2 Å². The molecule has 0 bridgehead atoms. The van der Waals surface area contributed by atoms with E-state index in [0.717, 1.165) is 45.0 Å². The van der Waals surface area contributed by atoms with Crippen LogP contribution in [-0.2, 0) is 0 Å². The van der Waals surface area contributed by atoms with Crippen molar-refractivity contribution in [3.8, 4) is 11.3 Å². The van der Waals surface area contributed by atoms with Crippen LogP contribution >= 0.6 is 0 Å².